The molecule has 0 aliphatic heterocycles. The van der Waals surface area contributed by atoms with Gasteiger partial charge in [-0.2, -0.15) is 0 Å². The first-order valence-corrected chi connectivity index (χ1v) is 13.0. The fraction of sp³-hybridized carbons (Fsp3) is 0. The molecule has 0 radical (unpaired) electrons. The van der Waals surface area contributed by atoms with Crippen LogP contribution in [0, 0.1) is 0 Å². The van der Waals surface area contributed by atoms with E-state index in [4.69, 9.17) is 26.3 Å². The molecule has 0 saturated heterocycles. The number of aromatic nitrogens is 3. The van der Waals surface area contributed by atoms with Crippen molar-refractivity contribution in [3.8, 4) is 56.4 Å². The van der Waals surface area contributed by atoms with Crippen LogP contribution in [0.2, 0.25) is 0 Å². The molecule has 0 aliphatic rings. The van der Waals surface area contributed by atoms with Crippen LogP contribution >= 0.6 is 0 Å². The van der Waals surface area contributed by atoms with Gasteiger partial charge in [0.05, 0.1) is 21.9 Å². The highest BCUT2D eigenvalue weighted by Crippen LogP contribution is 2.37. The number of fused-ring (bicyclic) bond motifs is 3. The summed E-state index contributed by atoms with van der Waals surface area (Å²) in [5.74, 6) is -1.10. The van der Waals surface area contributed by atoms with E-state index in [0.717, 1.165) is 0 Å². The zero-order valence-electron chi connectivity index (χ0n) is 37.9. The smallest absolute Gasteiger partial charge is 0.164 e. The Bertz CT molecular complexity index is 3040. The van der Waals surface area contributed by atoms with Crippen molar-refractivity contribution in [2.24, 2.45) is 0 Å². The molecule has 0 atom stereocenters. The standard InChI is InChI=1S/C39H25N3O/c1-3-10-26(11-4-1)27-18-22-30(23-19-27)38-40-37(29-12-5-2-6-13-29)41-39(42-38)31-24-20-28(21-25-31)32-15-9-17-35-36(32)33-14-7-8-16-34(33)43-35/h1-25H/i1D,2D,3D,4D,5D,6D,7D,10D,11D,12D,13D,15D,18D,19D,22D,23D. The molecule has 8 aromatic rings. The first-order valence-electron chi connectivity index (χ1n) is 21.0. The molecule has 2 heterocycles. The predicted octanol–water partition coefficient (Wildman–Crippen LogP) is 10.1. The maximum Gasteiger partial charge on any atom is 0.164 e. The lowest BCUT2D eigenvalue weighted by Gasteiger charge is -2.10. The lowest BCUT2D eigenvalue weighted by molar-refractivity contribution is 0.669. The molecule has 0 spiro atoms. The molecule has 0 N–H and O–H groups in total. The van der Waals surface area contributed by atoms with Gasteiger partial charge in [0.1, 0.15) is 11.2 Å². The Morgan fingerprint density at radius 2 is 0.953 bits per heavy atom. The maximum absolute atomic E-state index is 9.01. The van der Waals surface area contributed by atoms with E-state index in [1.807, 2.05) is 0 Å². The van der Waals surface area contributed by atoms with Gasteiger partial charge in [-0.15, -0.1) is 0 Å². The third-order valence-electron chi connectivity index (χ3n) is 6.66. The monoisotopic (exact) mass is 567 g/mol. The zero-order valence-corrected chi connectivity index (χ0v) is 21.9. The molecule has 0 bridgehead atoms. The summed E-state index contributed by atoms with van der Waals surface area (Å²) in [5.41, 5.74) is 0.349. The van der Waals surface area contributed by atoms with Gasteiger partial charge in [-0.05, 0) is 34.4 Å². The molecule has 0 unspecified atom stereocenters. The van der Waals surface area contributed by atoms with E-state index >= 15 is 0 Å². The van der Waals surface area contributed by atoms with Crippen LogP contribution < -0.4 is 0 Å². The second kappa shape index (κ2) is 10.5. The highest BCUT2D eigenvalue weighted by molar-refractivity contribution is 6.12. The minimum atomic E-state index is -0.778. The van der Waals surface area contributed by atoms with Crippen molar-refractivity contribution in [2.45, 2.75) is 0 Å². The summed E-state index contributed by atoms with van der Waals surface area (Å²) in [4.78, 5) is 13.3. The van der Waals surface area contributed by atoms with Gasteiger partial charge in [0.25, 0.3) is 0 Å². The van der Waals surface area contributed by atoms with E-state index in [2.05, 4.69) is 15.0 Å². The summed E-state index contributed by atoms with van der Waals surface area (Å²) < 4.78 is 142. The quantitative estimate of drug-likeness (QED) is 0.208. The van der Waals surface area contributed by atoms with Gasteiger partial charge in [0.15, 0.2) is 17.5 Å². The number of furan rings is 1. The van der Waals surface area contributed by atoms with E-state index in [1.165, 1.54) is 0 Å². The molecule has 202 valence electrons. The normalized spacial score (nSPS) is 16.5. The number of para-hydroxylation sites is 1. The molecule has 43 heavy (non-hydrogen) atoms. The van der Waals surface area contributed by atoms with Crippen molar-refractivity contribution >= 4 is 21.9 Å². The molecule has 2 aromatic heterocycles. The number of nitrogens with zero attached hydrogens (tertiary/aromatic N) is 3. The lowest BCUT2D eigenvalue weighted by Crippen LogP contribution is -2.00. The van der Waals surface area contributed by atoms with Crippen LogP contribution in [-0.4, -0.2) is 15.0 Å². The van der Waals surface area contributed by atoms with Gasteiger partial charge in [-0.1, -0.05) is 139 Å². The zero-order chi connectivity index (χ0) is 42.5. The summed E-state index contributed by atoms with van der Waals surface area (Å²) in [7, 11) is 0. The highest BCUT2D eigenvalue weighted by Gasteiger charge is 2.15. The fourth-order valence-electron chi connectivity index (χ4n) is 4.68. The Balaban J connectivity index is 1.36. The SMILES string of the molecule is [2H]c1ccc2oc3ccc([2H])c(-c4ccc(-c5nc(-c6c([2H])c([2H])c([2H])c([2H])c6[2H])nc(-c6c([2H])c([2H])c(-c7c([2H])c([2H])c([2H])c([2H])c7[2H])c([2H])c6[2H])n5)cc4)c3c2c1. The molecule has 0 saturated carbocycles. The third kappa shape index (κ3) is 4.65. The van der Waals surface area contributed by atoms with Crippen molar-refractivity contribution in [2.75, 3.05) is 0 Å². The van der Waals surface area contributed by atoms with Gasteiger partial charge in [0, 0.05) is 27.5 Å². The Morgan fingerprint density at radius 3 is 1.65 bits per heavy atom. The average molecular weight is 568 g/mol. The summed E-state index contributed by atoms with van der Waals surface area (Å²) in [6.45, 7) is 0. The van der Waals surface area contributed by atoms with Crippen molar-refractivity contribution in [3.05, 3.63) is 151 Å². The summed E-state index contributed by atoms with van der Waals surface area (Å²) in [6, 6.07) is 5.00. The Labute approximate surface area is 271 Å². The molecule has 8 rings (SSSR count). The van der Waals surface area contributed by atoms with Crippen LogP contribution in [0.4, 0.5) is 0 Å². The molecule has 0 aliphatic carbocycles. The van der Waals surface area contributed by atoms with Gasteiger partial charge in [-0.25, -0.2) is 15.0 Å². The molecule has 4 heteroatoms. The Kier molecular flexibility index (Phi) is 3.28. The van der Waals surface area contributed by atoms with Crippen molar-refractivity contribution in [1.29, 1.82) is 0 Å². The lowest BCUT2D eigenvalue weighted by atomic mass is 9.98. The minimum absolute atomic E-state index is 0.160. The number of hydrogen-bond acceptors (Lipinski definition) is 4. The molecule has 0 amide bonds. The molecular formula is C39H25N3O. The number of benzene rings is 6. The van der Waals surface area contributed by atoms with Gasteiger partial charge in [0.2, 0.25) is 0 Å². The number of rotatable bonds is 5. The summed E-state index contributed by atoms with van der Waals surface area (Å²) in [5, 5.41) is 1.26. The second-order valence-electron chi connectivity index (χ2n) is 9.25. The van der Waals surface area contributed by atoms with E-state index < -0.39 is 118 Å². The topological polar surface area (TPSA) is 51.8 Å². The van der Waals surface area contributed by atoms with E-state index in [9.17, 15) is 0 Å². The van der Waals surface area contributed by atoms with Crippen LogP contribution in [-0.2, 0) is 0 Å². The van der Waals surface area contributed by atoms with E-state index in [-0.39, 0.29) is 23.5 Å². The van der Waals surface area contributed by atoms with Crippen molar-refractivity contribution in [3.63, 3.8) is 0 Å². The molecular weight excluding hydrogens is 526 g/mol. The Hall–Kier alpha value is -5.87. The van der Waals surface area contributed by atoms with E-state index in [0.29, 0.717) is 33.1 Å². The highest BCUT2D eigenvalue weighted by atomic mass is 16.3. The van der Waals surface area contributed by atoms with Gasteiger partial charge < -0.3 is 4.42 Å². The van der Waals surface area contributed by atoms with Crippen LogP contribution in [0.15, 0.2) is 156 Å². The second-order valence-corrected chi connectivity index (χ2v) is 9.25. The van der Waals surface area contributed by atoms with Crippen LogP contribution in [0.25, 0.3) is 78.4 Å². The minimum Gasteiger partial charge on any atom is -0.456 e. The van der Waals surface area contributed by atoms with Crippen LogP contribution in [0.5, 0.6) is 0 Å². The Morgan fingerprint density at radius 1 is 0.419 bits per heavy atom. The molecule has 6 aromatic carbocycles. The summed E-state index contributed by atoms with van der Waals surface area (Å²) >= 11 is 0. The predicted molar refractivity (Wildman–Crippen MR) is 174 cm³/mol. The van der Waals surface area contributed by atoms with Crippen molar-refractivity contribution < 1.29 is 26.3 Å². The first kappa shape index (κ1) is 13.4. The molecule has 4 nitrogen and oxygen atoms in total. The van der Waals surface area contributed by atoms with Crippen molar-refractivity contribution in [1.82, 2.24) is 15.0 Å². The third-order valence-corrected chi connectivity index (χ3v) is 6.66. The van der Waals surface area contributed by atoms with E-state index in [1.54, 1.807) is 54.6 Å². The number of hydrogen-bond donors (Lipinski definition) is 0. The largest absolute Gasteiger partial charge is 0.456 e. The summed E-state index contributed by atoms with van der Waals surface area (Å²) in [6.07, 6.45) is 0. The van der Waals surface area contributed by atoms with Crippen LogP contribution in [0.3, 0.4) is 0 Å². The maximum atomic E-state index is 9.01. The fourth-order valence-corrected chi connectivity index (χ4v) is 4.68. The van der Waals surface area contributed by atoms with Gasteiger partial charge >= 0.3 is 0 Å². The van der Waals surface area contributed by atoms with Gasteiger partial charge in [-0.3, -0.25) is 0 Å². The average Bonchev–Trinajstić information content (AvgIpc) is 3.59. The first-order chi connectivity index (χ1) is 27.9. The molecule has 0 fully saturated rings. The van der Waals surface area contributed by atoms with Crippen LogP contribution in [0.1, 0.15) is 21.9 Å².